The summed E-state index contributed by atoms with van der Waals surface area (Å²) in [4.78, 5) is 30.2. The Morgan fingerprint density at radius 2 is 2.00 bits per heavy atom. The van der Waals surface area contributed by atoms with Gasteiger partial charge in [-0.2, -0.15) is 4.98 Å². The number of likely N-dealkylation sites (N-methyl/N-ethyl adjacent to an activating group) is 1. The number of aromatic nitrogens is 3. The molecule has 10 heteroatoms. The fourth-order valence-electron chi connectivity index (χ4n) is 4.15. The number of hydrogen-bond acceptors (Lipinski definition) is 8. The quantitative estimate of drug-likeness (QED) is 0.616. The molecule has 8 nitrogen and oxygen atoms in total. The van der Waals surface area contributed by atoms with Gasteiger partial charge in [0.15, 0.2) is 0 Å². The van der Waals surface area contributed by atoms with E-state index in [4.69, 9.17) is 14.7 Å². The largest absolute Gasteiger partial charge is 0.378 e. The summed E-state index contributed by atoms with van der Waals surface area (Å²) in [5, 5.41) is 4.28. The van der Waals surface area contributed by atoms with Crippen molar-refractivity contribution in [3.63, 3.8) is 0 Å². The van der Waals surface area contributed by atoms with Gasteiger partial charge in [0.05, 0.1) is 23.4 Å². The summed E-state index contributed by atoms with van der Waals surface area (Å²) in [7, 11) is 2.13. The van der Waals surface area contributed by atoms with Gasteiger partial charge in [0.1, 0.15) is 16.4 Å². The molecule has 2 fully saturated rings. The van der Waals surface area contributed by atoms with Crippen molar-refractivity contribution in [3.8, 4) is 10.6 Å². The Hall–Kier alpha value is -2.20. The highest BCUT2D eigenvalue weighted by atomic mass is 35.5. The van der Waals surface area contributed by atoms with Gasteiger partial charge in [-0.1, -0.05) is 12.1 Å². The van der Waals surface area contributed by atoms with E-state index in [9.17, 15) is 4.79 Å². The third kappa shape index (κ3) is 4.69. The molecule has 0 saturated carbocycles. The maximum Gasteiger partial charge on any atom is 0.264 e. The number of piperidine rings is 1. The van der Waals surface area contributed by atoms with E-state index in [-0.39, 0.29) is 24.0 Å². The minimum Gasteiger partial charge on any atom is -0.378 e. The second-order valence-electron chi connectivity index (χ2n) is 7.95. The third-order valence-electron chi connectivity index (χ3n) is 5.69. The number of nitrogens with zero attached hydrogens (tertiary/aromatic N) is 4. The highest BCUT2D eigenvalue weighted by Gasteiger charge is 2.24. The molecule has 0 unspecified atom stereocenters. The second kappa shape index (κ2) is 9.52. The molecule has 0 radical (unpaired) electrons. The van der Waals surface area contributed by atoms with Crippen LogP contribution in [0.25, 0.3) is 20.8 Å². The Bertz CT molecular complexity index is 1060. The zero-order valence-electron chi connectivity index (χ0n) is 17.5. The van der Waals surface area contributed by atoms with E-state index in [1.165, 1.54) is 11.3 Å². The van der Waals surface area contributed by atoms with Crippen LogP contribution in [0, 0.1) is 0 Å². The van der Waals surface area contributed by atoms with Crippen molar-refractivity contribution < 1.29 is 4.74 Å². The van der Waals surface area contributed by atoms with Crippen molar-refractivity contribution >= 4 is 45.7 Å². The Kier molecular flexibility index (Phi) is 6.76. The maximum absolute atomic E-state index is 13.2. The molecule has 0 bridgehead atoms. The van der Waals surface area contributed by atoms with E-state index in [2.05, 4.69) is 27.1 Å². The summed E-state index contributed by atoms with van der Waals surface area (Å²) in [6.45, 7) is 4.74. The molecule has 4 heterocycles. The van der Waals surface area contributed by atoms with Crippen LogP contribution in [-0.4, -0.2) is 72.3 Å². The molecule has 0 aliphatic carbocycles. The Balaban J connectivity index is 0.00000231. The molecule has 5 rings (SSSR count). The fraction of sp³-hybridized carbons (Fsp3) is 0.476. The number of para-hydroxylation sites is 1. The molecule has 1 aromatic carbocycles. The van der Waals surface area contributed by atoms with Gasteiger partial charge in [-0.25, -0.2) is 4.98 Å². The van der Waals surface area contributed by atoms with Gasteiger partial charge in [0.25, 0.3) is 5.56 Å². The second-order valence-corrected chi connectivity index (χ2v) is 8.98. The van der Waals surface area contributed by atoms with Gasteiger partial charge < -0.3 is 19.9 Å². The number of anilines is 2. The first kappa shape index (κ1) is 22.0. The number of rotatable bonds is 4. The third-order valence-corrected chi connectivity index (χ3v) is 6.74. The van der Waals surface area contributed by atoms with Crippen molar-refractivity contribution in [2.45, 2.75) is 18.9 Å². The highest BCUT2D eigenvalue weighted by molar-refractivity contribution is 7.21. The summed E-state index contributed by atoms with van der Waals surface area (Å²) in [5.74, 6) is 1.22. The summed E-state index contributed by atoms with van der Waals surface area (Å²) >= 11 is 1.53. The van der Waals surface area contributed by atoms with Gasteiger partial charge in [-0.3, -0.25) is 9.78 Å². The van der Waals surface area contributed by atoms with E-state index >= 15 is 0 Å². The zero-order valence-corrected chi connectivity index (χ0v) is 19.1. The van der Waals surface area contributed by atoms with Crippen molar-refractivity contribution in [2.75, 3.05) is 56.7 Å². The number of aromatic amines is 1. The van der Waals surface area contributed by atoms with Crippen LogP contribution in [0.2, 0.25) is 0 Å². The number of nitrogens with one attached hydrogen (secondary N) is 2. The predicted octanol–water partition coefficient (Wildman–Crippen LogP) is 2.81. The lowest BCUT2D eigenvalue weighted by Gasteiger charge is -2.31. The minimum atomic E-state index is -0.155. The molecule has 0 amide bonds. The minimum absolute atomic E-state index is 0. The topological polar surface area (TPSA) is 86.4 Å². The lowest BCUT2D eigenvalue weighted by molar-refractivity contribution is 0.122. The van der Waals surface area contributed by atoms with Crippen molar-refractivity contribution in [3.05, 3.63) is 34.6 Å². The number of fused-ring (bicyclic) bond motifs is 1. The molecule has 3 aromatic rings. The molecule has 1 atom stereocenters. The van der Waals surface area contributed by atoms with Crippen molar-refractivity contribution in [2.24, 2.45) is 0 Å². The van der Waals surface area contributed by atoms with Gasteiger partial charge in [0, 0.05) is 25.7 Å². The Morgan fingerprint density at radius 3 is 2.77 bits per heavy atom. The van der Waals surface area contributed by atoms with Crippen LogP contribution in [0.5, 0.6) is 0 Å². The summed E-state index contributed by atoms with van der Waals surface area (Å²) in [6.07, 6.45) is 2.19. The maximum atomic E-state index is 13.2. The number of halogens is 1. The number of ether oxygens (including phenoxy) is 1. The molecule has 166 valence electrons. The lowest BCUT2D eigenvalue weighted by atomic mass is 10.1. The van der Waals surface area contributed by atoms with Gasteiger partial charge in [0.2, 0.25) is 5.95 Å². The normalized spacial score (nSPS) is 19.9. The van der Waals surface area contributed by atoms with Gasteiger partial charge in [-0.15, -0.1) is 23.7 Å². The summed E-state index contributed by atoms with van der Waals surface area (Å²) in [5.41, 5.74) is 1.27. The molecule has 0 spiro atoms. The number of morpholine rings is 1. The standard InChI is InChI=1S/C21H26N6O2S.ClH/c1-26-8-4-5-14(13-26)22-18-17(20-23-15-6-2-3-7-16(15)30-20)19(28)25-21(24-18)27-9-11-29-12-10-27;/h2-3,6-7,14H,4-5,8-13H2,1H3,(H2,22,24,25,28);1H/t14-;/m1./s1. The molecular weight excluding hydrogens is 436 g/mol. The molecule has 2 aromatic heterocycles. The van der Waals surface area contributed by atoms with Crippen LogP contribution < -0.4 is 15.8 Å². The van der Waals surface area contributed by atoms with E-state index in [0.717, 1.165) is 49.2 Å². The number of thiazole rings is 1. The average molecular weight is 463 g/mol. The highest BCUT2D eigenvalue weighted by Crippen LogP contribution is 2.32. The molecule has 2 N–H and O–H groups in total. The van der Waals surface area contributed by atoms with Crippen LogP contribution in [-0.2, 0) is 4.74 Å². The SMILES string of the molecule is CN1CCC[C@@H](Nc2nc(N3CCOCC3)[nH]c(=O)c2-c2nc3ccccc3s2)C1.Cl. The Morgan fingerprint density at radius 1 is 1.19 bits per heavy atom. The van der Waals surface area contributed by atoms with Gasteiger partial charge >= 0.3 is 0 Å². The van der Waals surface area contributed by atoms with Crippen LogP contribution in [0.3, 0.4) is 0 Å². The number of likely N-dealkylation sites (tertiary alicyclic amines) is 1. The zero-order chi connectivity index (χ0) is 20.5. The van der Waals surface area contributed by atoms with E-state index < -0.39 is 0 Å². The first-order chi connectivity index (χ1) is 14.7. The molecular formula is C21H27ClN6O2S. The summed E-state index contributed by atoms with van der Waals surface area (Å²) < 4.78 is 6.51. The van der Waals surface area contributed by atoms with E-state index in [0.29, 0.717) is 35.6 Å². The van der Waals surface area contributed by atoms with E-state index in [1.54, 1.807) is 0 Å². The molecule has 2 aliphatic heterocycles. The fourth-order valence-corrected chi connectivity index (χ4v) is 5.15. The van der Waals surface area contributed by atoms with Gasteiger partial charge in [-0.05, 0) is 38.6 Å². The number of H-pyrrole nitrogens is 1. The smallest absolute Gasteiger partial charge is 0.264 e. The lowest BCUT2D eigenvalue weighted by Crippen LogP contribution is -2.41. The van der Waals surface area contributed by atoms with Crippen LogP contribution in [0.1, 0.15) is 12.8 Å². The van der Waals surface area contributed by atoms with Crippen LogP contribution in [0.4, 0.5) is 11.8 Å². The molecule has 2 saturated heterocycles. The summed E-state index contributed by atoms with van der Waals surface area (Å²) in [6, 6.07) is 8.22. The first-order valence-electron chi connectivity index (χ1n) is 10.5. The molecule has 31 heavy (non-hydrogen) atoms. The predicted molar refractivity (Wildman–Crippen MR) is 128 cm³/mol. The van der Waals surface area contributed by atoms with Crippen LogP contribution in [0.15, 0.2) is 29.1 Å². The molecule has 2 aliphatic rings. The van der Waals surface area contributed by atoms with E-state index in [1.807, 2.05) is 24.3 Å². The average Bonchev–Trinajstić information content (AvgIpc) is 3.17. The van der Waals surface area contributed by atoms with Crippen LogP contribution >= 0.6 is 23.7 Å². The number of hydrogen-bond donors (Lipinski definition) is 2. The monoisotopic (exact) mass is 462 g/mol. The number of benzene rings is 1. The van der Waals surface area contributed by atoms with Crippen molar-refractivity contribution in [1.29, 1.82) is 0 Å². The Labute approximate surface area is 191 Å². The first-order valence-corrected chi connectivity index (χ1v) is 11.3. The van der Waals surface area contributed by atoms with Crippen molar-refractivity contribution in [1.82, 2.24) is 19.9 Å².